The molecule has 0 aliphatic heterocycles. The molecule has 0 heterocycles. The first kappa shape index (κ1) is 24.5. The van der Waals surface area contributed by atoms with Gasteiger partial charge in [0.15, 0.2) is 0 Å². The highest BCUT2D eigenvalue weighted by molar-refractivity contribution is 6.06. The summed E-state index contributed by atoms with van der Waals surface area (Å²) in [7, 11) is 0. The zero-order chi connectivity index (χ0) is 24.5. The second kappa shape index (κ2) is 11.7. The van der Waals surface area contributed by atoms with E-state index in [2.05, 4.69) is 16.0 Å². The van der Waals surface area contributed by atoms with Crippen LogP contribution in [0.25, 0.3) is 0 Å². The summed E-state index contributed by atoms with van der Waals surface area (Å²) in [6.07, 6.45) is 0. The van der Waals surface area contributed by atoms with Gasteiger partial charge in [-0.2, -0.15) is 0 Å². The Morgan fingerprint density at radius 1 is 0.824 bits per heavy atom. The fourth-order valence-corrected chi connectivity index (χ4v) is 3.41. The zero-order valence-electron chi connectivity index (χ0n) is 19.7. The normalized spacial score (nSPS) is 10.5. The number of anilines is 3. The van der Waals surface area contributed by atoms with Crippen molar-refractivity contribution >= 4 is 34.8 Å². The summed E-state index contributed by atoms with van der Waals surface area (Å²) >= 11 is 0. The Labute approximate surface area is 200 Å². The van der Waals surface area contributed by atoms with Crippen molar-refractivity contribution in [2.45, 2.75) is 26.8 Å². The Bertz CT molecular complexity index is 1130. The number of rotatable bonds is 9. The van der Waals surface area contributed by atoms with Gasteiger partial charge in [-0.25, -0.2) is 0 Å². The van der Waals surface area contributed by atoms with Crippen molar-refractivity contribution in [1.82, 2.24) is 5.32 Å². The van der Waals surface area contributed by atoms with Gasteiger partial charge < -0.3 is 20.9 Å². The van der Waals surface area contributed by atoms with E-state index in [1.807, 2.05) is 51.1 Å². The summed E-state index contributed by atoms with van der Waals surface area (Å²) in [6.45, 7) is 6.31. The molecular weight excluding hydrogens is 428 g/mol. The number of benzene rings is 3. The molecule has 0 saturated heterocycles. The Morgan fingerprint density at radius 3 is 2.18 bits per heavy atom. The Morgan fingerprint density at radius 2 is 1.53 bits per heavy atom. The number of hydrogen-bond acceptors (Lipinski definition) is 4. The molecular formula is C27H30N4O3. The van der Waals surface area contributed by atoms with Crippen LogP contribution >= 0.6 is 0 Å². The molecule has 0 aliphatic carbocycles. The van der Waals surface area contributed by atoms with Gasteiger partial charge in [0.05, 0.1) is 6.54 Å². The van der Waals surface area contributed by atoms with Crippen molar-refractivity contribution < 1.29 is 14.4 Å². The summed E-state index contributed by atoms with van der Waals surface area (Å²) in [5, 5.41) is 8.68. The number of carbonyl (C=O) groups is 3. The molecule has 0 spiro atoms. The van der Waals surface area contributed by atoms with Gasteiger partial charge in [0.2, 0.25) is 5.91 Å². The van der Waals surface area contributed by atoms with E-state index in [0.717, 1.165) is 5.69 Å². The molecule has 3 N–H and O–H groups in total. The molecule has 3 aromatic rings. The van der Waals surface area contributed by atoms with Crippen LogP contribution in [0.1, 0.15) is 41.5 Å². The van der Waals surface area contributed by atoms with Crippen LogP contribution in [-0.2, 0) is 4.79 Å². The van der Waals surface area contributed by atoms with Crippen LogP contribution in [0.5, 0.6) is 0 Å². The SMILES string of the molecule is CCN(C(=O)c1ccc(NC(=O)CNc2cccc(C(=O)NC(C)C)c2)cc1)c1ccccc1. The van der Waals surface area contributed by atoms with Crippen LogP contribution in [-0.4, -0.2) is 36.9 Å². The number of carbonyl (C=O) groups excluding carboxylic acids is 3. The zero-order valence-corrected chi connectivity index (χ0v) is 19.7. The Kier molecular flexibility index (Phi) is 8.40. The van der Waals surface area contributed by atoms with E-state index in [-0.39, 0.29) is 30.3 Å². The van der Waals surface area contributed by atoms with Crippen LogP contribution in [0.3, 0.4) is 0 Å². The highest BCUT2D eigenvalue weighted by Crippen LogP contribution is 2.18. The predicted octanol–water partition coefficient (Wildman–Crippen LogP) is 4.54. The van der Waals surface area contributed by atoms with E-state index < -0.39 is 0 Å². The topological polar surface area (TPSA) is 90.5 Å². The molecule has 0 atom stereocenters. The first-order valence-electron chi connectivity index (χ1n) is 11.3. The molecule has 0 aromatic heterocycles. The summed E-state index contributed by atoms with van der Waals surface area (Å²) in [5.74, 6) is -0.503. The van der Waals surface area contributed by atoms with E-state index in [9.17, 15) is 14.4 Å². The lowest BCUT2D eigenvalue weighted by atomic mass is 10.1. The number of amides is 3. The molecule has 3 amide bonds. The summed E-state index contributed by atoms with van der Waals surface area (Å²) in [5.41, 5.74) is 3.17. The maximum absolute atomic E-state index is 12.9. The van der Waals surface area contributed by atoms with Gasteiger partial charge in [-0.3, -0.25) is 14.4 Å². The lowest BCUT2D eigenvalue weighted by molar-refractivity contribution is -0.114. The summed E-state index contributed by atoms with van der Waals surface area (Å²) < 4.78 is 0. The van der Waals surface area contributed by atoms with Gasteiger partial charge in [-0.15, -0.1) is 0 Å². The van der Waals surface area contributed by atoms with Gasteiger partial charge in [0, 0.05) is 40.8 Å². The predicted molar refractivity (Wildman–Crippen MR) is 136 cm³/mol. The number of hydrogen-bond donors (Lipinski definition) is 3. The van der Waals surface area contributed by atoms with Gasteiger partial charge in [-0.05, 0) is 75.4 Å². The van der Waals surface area contributed by atoms with Gasteiger partial charge in [0.1, 0.15) is 0 Å². The first-order chi connectivity index (χ1) is 16.4. The van der Waals surface area contributed by atoms with Crippen LogP contribution in [0.15, 0.2) is 78.9 Å². The number of nitrogens with zero attached hydrogens (tertiary/aromatic N) is 1. The van der Waals surface area contributed by atoms with Crippen LogP contribution in [0.2, 0.25) is 0 Å². The maximum Gasteiger partial charge on any atom is 0.258 e. The number of para-hydroxylation sites is 1. The Hall–Kier alpha value is -4.13. The summed E-state index contributed by atoms with van der Waals surface area (Å²) in [6, 6.07) is 23.4. The molecule has 0 unspecified atom stereocenters. The standard InChI is InChI=1S/C27H30N4O3/c1-4-31(24-11-6-5-7-12-24)27(34)20-13-15-22(16-14-20)30-25(32)18-28-23-10-8-9-21(17-23)26(33)29-19(2)3/h5-17,19,28H,4,18H2,1-3H3,(H,29,33)(H,30,32). The van der Waals surface area contributed by atoms with Gasteiger partial charge in [0.25, 0.3) is 11.8 Å². The van der Waals surface area contributed by atoms with Crippen LogP contribution in [0, 0.1) is 0 Å². The molecule has 0 saturated carbocycles. The van der Waals surface area contributed by atoms with Crippen molar-refractivity contribution in [2.24, 2.45) is 0 Å². The molecule has 34 heavy (non-hydrogen) atoms. The number of nitrogens with one attached hydrogen (secondary N) is 3. The highest BCUT2D eigenvalue weighted by atomic mass is 16.2. The third-order valence-corrected chi connectivity index (χ3v) is 5.04. The van der Waals surface area contributed by atoms with E-state index in [4.69, 9.17) is 0 Å². The maximum atomic E-state index is 12.9. The summed E-state index contributed by atoms with van der Waals surface area (Å²) in [4.78, 5) is 39.1. The molecule has 0 radical (unpaired) electrons. The minimum absolute atomic E-state index is 0.0353. The van der Waals surface area contributed by atoms with Crippen molar-refractivity contribution in [1.29, 1.82) is 0 Å². The monoisotopic (exact) mass is 458 g/mol. The van der Waals surface area contributed by atoms with Gasteiger partial charge in [-0.1, -0.05) is 24.3 Å². The molecule has 176 valence electrons. The molecule has 7 heteroatoms. The largest absolute Gasteiger partial charge is 0.376 e. The molecule has 0 aliphatic rings. The molecule has 3 rings (SSSR count). The minimum Gasteiger partial charge on any atom is -0.376 e. The second-order valence-electron chi connectivity index (χ2n) is 8.07. The first-order valence-corrected chi connectivity index (χ1v) is 11.3. The van der Waals surface area contributed by atoms with E-state index in [0.29, 0.717) is 29.0 Å². The second-order valence-corrected chi connectivity index (χ2v) is 8.07. The average Bonchev–Trinajstić information content (AvgIpc) is 2.84. The van der Waals surface area contributed by atoms with Crippen LogP contribution in [0.4, 0.5) is 17.1 Å². The molecule has 0 fully saturated rings. The van der Waals surface area contributed by atoms with Crippen molar-refractivity contribution in [3.05, 3.63) is 90.0 Å². The van der Waals surface area contributed by atoms with Crippen molar-refractivity contribution in [3.63, 3.8) is 0 Å². The van der Waals surface area contributed by atoms with E-state index in [1.165, 1.54) is 0 Å². The van der Waals surface area contributed by atoms with E-state index in [1.54, 1.807) is 53.4 Å². The van der Waals surface area contributed by atoms with E-state index >= 15 is 0 Å². The third-order valence-electron chi connectivity index (χ3n) is 5.04. The molecule has 0 bridgehead atoms. The van der Waals surface area contributed by atoms with Crippen LogP contribution < -0.4 is 20.9 Å². The molecule has 7 nitrogen and oxygen atoms in total. The minimum atomic E-state index is -0.240. The van der Waals surface area contributed by atoms with Crippen molar-refractivity contribution in [2.75, 3.05) is 28.6 Å². The third kappa shape index (κ3) is 6.68. The average molecular weight is 459 g/mol. The quantitative estimate of drug-likeness (QED) is 0.439. The fraction of sp³-hybridized carbons (Fsp3) is 0.222. The van der Waals surface area contributed by atoms with Crippen molar-refractivity contribution in [3.8, 4) is 0 Å². The molecule has 3 aromatic carbocycles. The Balaban J connectivity index is 1.56. The highest BCUT2D eigenvalue weighted by Gasteiger charge is 2.16. The fourth-order valence-electron chi connectivity index (χ4n) is 3.41. The lowest BCUT2D eigenvalue weighted by Crippen LogP contribution is -2.30. The van der Waals surface area contributed by atoms with Gasteiger partial charge >= 0.3 is 0 Å². The lowest BCUT2D eigenvalue weighted by Gasteiger charge is -2.21. The smallest absolute Gasteiger partial charge is 0.258 e.